The van der Waals surface area contributed by atoms with Crippen molar-refractivity contribution in [1.29, 1.82) is 0 Å². The Morgan fingerprint density at radius 1 is 1.05 bits per heavy atom. The number of thioether (sulfide) groups is 1. The molecule has 40 heavy (non-hydrogen) atoms. The standard InChI is InChI=1S/C28H28BrClN4O5S/c1-4-37-22-12-10-21(11-13-22)34-18(3)31-32-28(34)40-26(16-33(35)36)20-14-23(29)27(25(15-20)38-5-2)39-17-19-8-6-7-9-24(19)30/h6-15,26H,4-5,16-17H2,1-3H3/t26-/m1/s1. The third kappa shape index (κ3) is 7.26. The lowest BCUT2D eigenvalue weighted by molar-refractivity contribution is -0.479. The number of benzene rings is 3. The zero-order valence-corrected chi connectivity index (χ0v) is 25.3. The van der Waals surface area contributed by atoms with Crippen LogP contribution >= 0.6 is 39.3 Å². The SMILES string of the molecule is CCOc1ccc(-n2c(C)nnc2S[C@H](C[N+](=O)[O-])c2cc(Br)c(OCc3ccccc3Cl)c(OCC)c2)cc1. The molecule has 3 aromatic carbocycles. The topological polar surface area (TPSA) is 102 Å². The highest BCUT2D eigenvalue weighted by Gasteiger charge is 2.26. The number of ether oxygens (including phenoxy) is 3. The van der Waals surface area contributed by atoms with Crippen molar-refractivity contribution in [2.75, 3.05) is 19.8 Å². The van der Waals surface area contributed by atoms with Crippen LogP contribution in [0.1, 0.15) is 36.0 Å². The van der Waals surface area contributed by atoms with Crippen LogP contribution < -0.4 is 14.2 Å². The molecule has 12 heteroatoms. The van der Waals surface area contributed by atoms with E-state index in [1.165, 1.54) is 11.8 Å². The summed E-state index contributed by atoms with van der Waals surface area (Å²) in [4.78, 5) is 11.4. The van der Waals surface area contributed by atoms with Gasteiger partial charge in [0.2, 0.25) is 6.54 Å². The molecule has 0 saturated carbocycles. The van der Waals surface area contributed by atoms with Crippen molar-refractivity contribution >= 4 is 39.3 Å². The summed E-state index contributed by atoms with van der Waals surface area (Å²) >= 11 is 11.2. The van der Waals surface area contributed by atoms with Crippen LogP contribution in [0.25, 0.3) is 5.69 Å². The third-order valence-corrected chi connectivity index (χ3v) is 7.94. The molecule has 1 atom stereocenters. The lowest BCUT2D eigenvalue weighted by Gasteiger charge is -2.19. The first-order valence-corrected chi connectivity index (χ1v) is 14.6. The van der Waals surface area contributed by atoms with Gasteiger partial charge in [0, 0.05) is 21.2 Å². The van der Waals surface area contributed by atoms with Gasteiger partial charge < -0.3 is 14.2 Å². The number of nitro groups is 1. The average Bonchev–Trinajstić information content (AvgIpc) is 3.28. The van der Waals surface area contributed by atoms with Crippen molar-refractivity contribution in [3.63, 3.8) is 0 Å². The van der Waals surface area contributed by atoms with E-state index in [-0.39, 0.29) is 18.1 Å². The largest absolute Gasteiger partial charge is 0.494 e. The maximum absolute atomic E-state index is 11.7. The molecule has 0 amide bonds. The van der Waals surface area contributed by atoms with E-state index in [4.69, 9.17) is 25.8 Å². The molecule has 1 aromatic heterocycles. The molecule has 0 aliphatic heterocycles. The summed E-state index contributed by atoms with van der Waals surface area (Å²) in [6.45, 7) is 6.48. The van der Waals surface area contributed by atoms with E-state index in [9.17, 15) is 10.1 Å². The molecule has 0 radical (unpaired) electrons. The predicted octanol–water partition coefficient (Wildman–Crippen LogP) is 7.48. The maximum Gasteiger partial charge on any atom is 0.220 e. The van der Waals surface area contributed by atoms with E-state index in [1.54, 1.807) is 12.1 Å². The highest BCUT2D eigenvalue weighted by molar-refractivity contribution is 9.10. The van der Waals surface area contributed by atoms with E-state index < -0.39 is 5.25 Å². The summed E-state index contributed by atoms with van der Waals surface area (Å²) in [7, 11) is 0. The molecule has 4 aromatic rings. The molecule has 1 heterocycles. The molecule has 0 spiro atoms. The number of hydrogen-bond donors (Lipinski definition) is 0. The van der Waals surface area contributed by atoms with E-state index in [2.05, 4.69) is 26.1 Å². The number of aryl methyl sites for hydroxylation is 1. The van der Waals surface area contributed by atoms with Crippen molar-refractivity contribution in [2.24, 2.45) is 0 Å². The van der Waals surface area contributed by atoms with Gasteiger partial charge >= 0.3 is 0 Å². The van der Waals surface area contributed by atoms with Gasteiger partial charge in [-0.2, -0.15) is 0 Å². The molecule has 0 bridgehead atoms. The highest BCUT2D eigenvalue weighted by atomic mass is 79.9. The van der Waals surface area contributed by atoms with Crippen molar-refractivity contribution in [2.45, 2.75) is 37.8 Å². The first-order valence-electron chi connectivity index (χ1n) is 12.6. The molecule has 0 fully saturated rings. The van der Waals surface area contributed by atoms with Gasteiger partial charge in [0.1, 0.15) is 23.4 Å². The van der Waals surface area contributed by atoms with Crippen LogP contribution in [-0.4, -0.2) is 39.4 Å². The van der Waals surface area contributed by atoms with Crippen LogP contribution in [-0.2, 0) is 6.61 Å². The van der Waals surface area contributed by atoms with Gasteiger partial charge in [0.25, 0.3) is 0 Å². The number of aromatic nitrogens is 3. The molecular weight excluding hydrogens is 620 g/mol. The average molecular weight is 648 g/mol. The van der Waals surface area contributed by atoms with Crippen LogP contribution in [0.2, 0.25) is 5.02 Å². The Morgan fingerprint density at radius 3 is 2.45 bits per heavy atom. The Bertz CT molecular complexity index is 1470. The monoisotopic (exact) mass is 646 g/mol. The number of hydrogen-bond acceptors (Lipinski definition) is 8. The van der Waals surface area contributed by atoms with Crippen LogP contribution in [0.3, 0.4) is 0 Å². The van der Waals surface area contributed by atoms with Crippen LogP contribution in [0.15, 0.2) is 70.3 Å². The highest BCUT2D eigenvalue weighted by Crippen LogP contribution is 2.43. The lowest BCUT2D eigenvalue weighted by atomic mass is 10.1. The summed E-state index contributed by atoms with van der Waals surface area (Å²) in [5.41, 5.74) is 2.34. The van der Waals surface area contributed by atoms with Crippen molar-refractivity contribution in [3.8, 4) is 22.9 Å². The second-order valence-corrected chi connectivity index (χ2v) is 11.0. The van der Waals surface area contributed by atoms with E-state index in [0.717, 1.165) is 17.0 Å². The Kier molecular flexibility index (Phi) is 10.3. The van der Waals surface area contributed by atoms with Crippen LogP contribution in [0.5, 0.6) is 17.2 Å². The number of nitrogens with zero attached hydrogens (tertiary/aromatic N) is 4. The third-order valence-electron chi connectivity index (χ3n) is 5.80. The Hall–Kier alpha value is -3.28. The lowest BCUT2D eigenvalue weighted by Crippen LogP contribution is -2.12. The molecule has 0 aliphatic rings. The fraction of sp³-hybridized carbons (Fsp3) is 0.286. The van der Waals surface area contributed by atoms with Gasteiger partial charge in [-0.3, -0.25) is 14.7 Å². The van der Waals surface area contributed by atoms with Crippen molar-refractivity contribution in [3.05, 3.63) is 97.2 Å². The summed E-state index contributed by atoms with van der Waals surface area (Å²) in [5, 5.41) is 20.9. The summed E-state index contributed by atoms with van der Waals surface area (Å²) in [6, 6.07) is 18.6. The number of halogens is 2. The molecule has 210 valence electrons. The molecule has 0 unspecified atom stereocenters. The summed E-state index contributed by atoms with van der Waals surface area (Å²) < 4.78 is 20.0. The van der Waals surface area contributed by atoms with Gasteiger partial charge in [-0.1, -0.05) is 41.6 Å². The smallest absolute Gasteiger partial charge is 0.220 e. The minimum absolute atomic E-state index is 0.231. The number of rotatable bonds is 13. The maximum atomic E-state index is 11.7. The van der Waals surface area contributed by atoms with Gasteiger partial charge in [-0.25, -0.2) is 0 Å². The second-order valence-electron chi connectivity index (χ2n) is 8.56. The second kappa shape index (κ2) is 13.9. The van der Waals surface area contributed by atoms with Gasteiger partial charge in [-0.15, -0.1) is 10.2 Å². The molecule has 4 rings (SSSR count). The summed E-state index contributed by atoms with van der Waals surface area (Å²) in [5.74, 6) is 2.37. The Balaban J connectivity index is 1.66. The minimum atomic E-state index is -0.590. The fourth-order valence-electron chi connectivity index (χ4n) is 3.99. The summed E-state index contributed by atoms with van der Waals surface area (Å²) in [6.07, 6.45) is 0. The van der Waals surface area contributed by atoms with E-state index in [0.29, 0.717) is 50.8 Å². The first-order chi connectivity index (χ1) is 19.3. The van der Waals surface area contributed by atoms with Gasteiger partial charge in [0.15, 0.2) is 16.7 Å². The van der Waals surface area contributed by atoms with E-state index in [1.807, 2.05) is 73.9 Å². The van der Waals surface area contributed by atoms with Gasteiger partial charge in [0.05, 0.1) is 17.7 Å². The zero-order chi connectivity index (χ0) is 28.6. The fourth-order valence-corrected chi connectivity index (χ4v) is 5.91. The van der Waals surface area contributed by atoms with Gasteiger partial charge in [-0.05, 0) is 84.7 Å². The van der Waals surface area contributed by atoms with Crippen LogP contribution in [0, 0.1) is 17.0 Å². The molecule has 0 aliphatic carbocycles. The predicted molar refractivity (Wildman–Crippen MR) is 159 cm³/mol. The quantitative estimate of drug-likeness (QED) is 0.0837. The van der Waals surface area contributed by atoms with Crippen LogP contribution in [0.4, 0.5) is 0 Å². The first kappa shape index (κ1) is 29.7. The molecule has 9 nitrogen and oxygen atoms in total. The normalized spacial score (nSPS) is 11.7. The zero-order valence-electron chi connectivity index (χ0n) is 22.2. The Morgan fingerprint density at radius 2 is 1.77 bits per heavy atom. The molecule has 0 saturated heterocycles. The molecule has 0 N–H and O–H groups in total. The van der Waals surface area contributed by atoms with Crippen molar-refractivity contribution < 1.29 is 19.1 Å². The minimum Gasteiger partial charge on any atom is -0.494 e. The van der Waals surface area contributed by atoms with Crippen molar-refractivity contribution in [1.82, 2.24) is 14.8 Å². The molecular formula is C28H28BrClN4O5S. The van der Waals surface area contributed by atoms with E-state index >= 15 is 0 Å². The Labute approximate surface area is 250 Å².